The highest BCUT2D eigenvalue weighted by atomic mass is 19.3. The van der Waals surface area contributed by atoms with E-state index in [0.717, 1.165) is 0 Å². The lowest BCUT2D eigenvalue weighted by molar-refractivity contribution is 0.107. The maximum atomic E-state index is 11.5. The van der Waals surface area contributed by atoms with Crippen LogP contribution in [0.5, 0.6) is 0 Å². The molecule has 4 N–H and O–H groups in total. The first-order valence-corrected chi connectivity index (χ1v) is 2.35. The summed E-state index contributed by atoms with van der Waals surface area (Å²) in [7, 11) is 0. The zero-order chi connectivity index (χ0) is 6.73. The molecule has 2 atom stereocenters. The van der Waals surface area contributed by atoms with Crippen LogP contribution in [-0.4, -0.2) is 18.5 Å². The second kappa shape index (κ2) is 2.94. The molecule has 0 heterocycles. The number of halogens is 2. The Hall–Kier alpha value is -0.220. The van der Waals surface area contributed by atoms with Crippen LogP contribution in [0.25, 0.3) is 0 Å². The van der Waals surface area contributed by atoms with Gasteiger partial charge in [-0.3, -0.25) is 0 Å². The topological polar surface area (TPSA) is 52.0 Å². The summed E-state index contributed by atoms with van der Waals surface area (Å²) < 4.78 is 22.9. The van der Waals surface area contributed by atoms with Crippen LogP contribution < -0.4 is 11.5 Å². The molecule has 0 saturated heterocycles. The third-order valence-electron chi connectivity index (χ3n) is 0.898. The predicted octanol–water partition coefficient (Wildman–Crippen LogP) is -0.0740. The molecule has 0 aromatic rings. The molecule has 0 bridgehead atoms. The molecule has 4 heteroatoms. The van der Waals surface area contributed by atoms with Gasteiger partial charge in [0.05, 0.1) is 6.04 Å². The van der Waals surface area contributed by atoms with Gasteiger partial charge in [-0.05, 0) is 6.92 Å². The lowest BCUT2D eigenvalue weighted by atomic mass is 10.2. The lowest BCUT2D eigenvalue weighted by Crippen LogP contribution is -2.44. The van der Waals surface area contributed by atoms with Crippen LogP contribution in [-0.2, 0) is 0 Å². The molecule has 0 aliphatic carbocycles. The standard InChI is InChI=1S/C4H10F2N2/c1-2(7)3(8)4(5)6/h2-4H,7-8H2,1H3/t2-,3-/m1/s1. The molecule has 0 aliphatic rings. The normalized spacial score (nSPS) is 18.8. The second-order valence-corrected chi connectivity index (χ2v) is 1.77. The number of rotatable bonds is 2. The minimum atomic E-state index is -2.50. The predicted molar refractivity (Wildman–Crippen MR) is 27.6 cm³/mol. The summed E-state index contributed by atoms with van der Waals surface area (Å²) in [6, 6.07) is -1.81. The van der Waals surface area contributed by atoms with Gasteiger partial charge >= 0.3 is 0 Å². The number of hydrogen-bond donors (Lipinski definition) is 2. The third kappa shape index (κ3) is 2.18. The lowest BCUT2D eigenvalue weighted by Gasteiger charge is -2.12. The fourth-order valence-electron chi connectivity index (χ4n) is 0.229. The van der Waals surface area contributed by atoms with E-state index in [9.17, 15) is 8.78 Å². The first-order chi connectivity index (χ1) is 3.55. The van der Waals surface area contributed by atoms with Crippen molar-refractivity contribution in [3.05, 3.63) is 0 Å². The molecular weight excluding hydrogens is 114 g/mol. The summed E-state index contributed by atoms with van der Waals surface area (Å²) >= 11 is 0. The van der Waals surface area contributed by atoms with E-state index in [2.05, 4.69) is 0 Å². The Morgan fingerprint density at radius 2 is 1.62 bits per heavy atom. The summed E-state index contributed by atoms with van der Waals surface area (Å²) in [5.74, 6) is 0. The van der Waals surface area contributed by atoms with Crippen molar-refractivity contribution in [3.8, 4) is 0 Å². The number of alkyl halides is 2. The fraction of sp³-hybridized carbons (Fsp3) is 1.00. The second-order valence-electron chi connectivity index (χ2n) is 1.77. The molecule has 0 aliphatic heterocycles. The summed E-state index contributed by atoms with van der Waals surface area (Å²) in [6.07, 6.45) is -2.50. The zero-order valence-electron chi connectivity index (χ0n) is 4.64. The van der Waals surface area contributed by atoms with Crippen LogP contribution in [0.4, 0.5) is 8.78 Å². The molecule has 0 rings (SSSR count). The van der Waals surface area contributed by atoms with Gasteiger partial charge in [-0.2, -0.15) is 0 Å². The van der Waals surface area contributed by atoms with Gasteiger partial charge < -0.3 is 11.5 Å². The highest BCUT2D eigenvalue weighted by molar-refractivity contribution is 4.72. The average Bonchev–Trinajstić information content (AvgIpc) is 1.64. The Kier molecular flexibility index (Phi) is 2.86. The molecule has 0 saturated carbocycles. The van der Waals surface area contributed by atoms with E-state index in [1.165, 1.54) is 6.92 Å². The third-order valence-corrected chi connectivity index (χ3v) is 0.898. The fourth-order valence-corrected chi connectivity index (χ4v) is 0.229. The SMILES string of the molecule is C[C@@H](N)[C@@H](N)C(F)F. The van der Waals surface area contributed by atoms with E-state index < -0.39 is 18.5 Å². The van der Waals surface area contributed by atoms with Crippen molar-refractivity contribution in [2.24, 2.45) is 11.5 Å². The van der Waals surface area contributed by atoms with Gasteiger partial charge in [0.2, 0.25) is 0 Å². The number of nitrogens with two attached hydrogens (primary N) is 2. The van der Waals surface area contributed by atoms with Crippen molar-refractivity contribution in [3.63, 3.8) is 0 Å². The molecular formula is C4H10F2N2. The smallest absolute Gasteiger partial charge is 0.254 e. The van der Waals surface area contributed by atoms with Crippen molar-refractivity contribution in [2.75, 3.05) is 0 Å². The maximum Gasteiger partial charge on any atom is 0.254 e. The Labute approximate surface area is 46.8 Å². The van der Waals surface area contributed by atoms with E-state index in [4.69, 9.17) is 11.5 Å². The molecule has 0 radical (unpaired) electrons. The van der Waals surface area contributed by atoms with E-state index in [0.29, 0.717) is 0 Å². The van der Waals surface area contributed by atoms with Crippen LogP contribution >= 0.6 is 0 Å². The molecule has 0 spiro atoms. The van der Waals surface area contributed by atoms with Crippen LogP contribution in [0.2, 0.25) is 0 Å². The van der Waals surface area contributed by atoms with Crippen molar-refractivity contribution in [2.45, 2.75) is 25.4 Å². The quantitative estimate of drug-likeness (QED) is 0.541. The molecule has 0 aromatic heterocycles. The van der Waals surface area contributed by atoms with Crippen LogP contribution in [0.1, 0.15) is 6.92 Å². The molecule has 0 aromatic carbocycles. The monoisotopic (exact) mass is 124 g/mol. The van der Waals surface area contributed by atoms with Crippen molar-refractivity contribution in [1.29, 1.82) is 0 Å². The molecule has 50 valence electrons. The molecule has 0 fully saturated rings. The highest BCUT2D eigenvalue weighted by Crippen LogP contribution is 1.99. The van der Waals surface area contributed by atoms with Crippen molar-refractivity contribution in [1.82, 2.24) is 0 Å². The van der Waals surface area contributed by atoms with Gasteiger partial charge in [0.25, 0.3) is 6.43 Å². The van der Waals surface area contributed by atoms with E-state index in [1.807, 2.05) is 0 Å². The maximum absolute atomic E-state index is 11.5. The van der Waals surface area contributed by atoms with Gasteiger partial charge in [0.15, 0.2) is 0 Å². The zero-order valence-corrected chi connectivity index (χ0v) is 4.64. The Bertz CT molecular complexity index is 57.1. The first-order valence-electron chi connectivity index (χ1n) is 2.35. The van der Waals surface area contributed by atoms with E-state index in [1.54, 1.807) is 0 Å². The van der Waals surface area contributed by atoms with Crippen LogP contribution in [0, 0.1) is 0 Å². The Morgan fingerprint density at radius 1 is 1.25 bits per heavy atom. The highest BCUT2D eigenvalue weighted by Gasteiger charge is 2.18. The van der Waals surface area contributed by atoms with Crippen LogP contribution in [0.3, 0.4) is 0 Å². The molecule has 2 nitrogen and oxygen atoms in total. The number of hydrogen-bond acceptors (Lipinski definition) is 2. The molecule has 0 unspecified atom stereocenters. The molecule has 8 heavy (non-hydrogen) atoms. The van der Waals surface area contributed by atoms with Gasteiger partial charge in [-0.25, -0.2) is 8.78 Å². The largest absolute Gasteiger partial charge is 0.326 e. The van der Waals surface area contributed by atoms with Gasteiger partial charge in [-0.1, -0.05) is 0 Å². The summed E-state index contributed by atoms with van der Waals surface area (Å²) in [6.45, 7) is 1.46. The van der Waals surface area contributed by atoms with Crippen molar-refractivity contribution < 1.29 is 8.78 Å². The van der Waals surface area contributed by atoms with Gasteiger partial charge in [-0.15, -0.1) is 0 Å². The average molecular weight is 124 g/mol. The minimum absolute atomic E-state index is 0.630. The van der Waals surface area contributed by atoms with E-state index >= 15 is 0 Å². The van der Waals surface area contributed by atoms with E-state index in [-0.39, 0.29) is 0 Å². The summed E-state index contributed by atoms with van der Waals surface area (Å²) in [5.41, 5.74) is 9.92. The Balaban J connectivity index is 3.46. The first kappa shape index (κ1) is 7.78. The Morgan fingerprint density at radius 3 is 1.62 bits per heavy atom. The summed E-state index contributed by atoms with van der Waals surface area (Å²) in [5, 5.41) is 0. The van der Waals surface area contributed by atoms with Crippen molar-refractivity contribution >= 4 is 0 Å². The van der Waals surface area contributed by atoms with Gasteiger partial charge in [0.1, 0.15) is 0 Å². The molecule has 0 amide bonds. The minimum Gasteiger partial charge on any atom is -0.326 e. The summed E-state index contributed by atoms with van der Waals surface area (Å²) in [4.78, 5) is 0. The van der Waals surface area contributed by atoms with Crippen LogP contribution in [0.15, 0.2) is 0 Å². The van der Waals surface area contributed by atoms with Gasteiger partial charge in [0, 0.05) is 6.04 Å².